The molecule has 35 heavy (non-hydrogen) atoms. The molecule has 0 saturated carbocycles. The standard InChI is InChI=1S/C30H26N2O3/c1-33-28-17-16-23(18-29(28)34-20-21-10-4-2-5-11-21)30-32-26(24-14-8-9-15-27(24)35-30)19-25(31-32)22-12-6-3-7-13-22/h2-18,26,30H,19-20H2,1H3. The minimum atomic E-state index is -0.374. The fourth-order valence-corrected chi connectivity index (χ4v) is 4.75. The topological polar surface area (TPSA) is 43.3 Å². The maximum absolute atomic E-state index is 6.53. The van der Waals surface area contributed by atoms with Crippen molar-refractivity contribution in [2.75, 3.05) is 7.11 Å². The summed E-state index contributed by atoms with van der Waals surface area (Å²) in [4.78, 5) is 0. The highest BCUT2D eigenvalue weighted by Gasteiger charge is 2.41. The van der Waals surface area contributed by atoms with Gasteiger partial charge in [0.1, 0.15) is 12.4 Å². The van der Waals surface area contributed by atoms with Crippen LogP contribution in [0.2, 0.25) is 0 Å². The normalized spacial score (nSPS) is 18.2. The molecule has 2 aliphatic heterocycles. The number of methoxy groups -OCH3 is 1. The van der Waals surface area contributed by atoms with Gasteiger partial charge in [0.2, 0.25) is 6.23 Å². The summed E-state index contributed by atoms with van der Waals surface area (Å²) in [5.74, 6) is 2.26. The first kappa shape index (κ1) is 21.3. The Kier molecular flexibility index (Phi) is 5.59. The summed E-state index contributed by atoms with van der Waals surface area (Å²) in [7, 11) is 1.66. The fraction of sp³-hybridized carbons (Fsp3) is 0.167. The zero-order valence-electron chi connectivity index (χ0n) is 19.5. The molecule has 174 valence electrons. The molecule has 0 aromatic heterocycles. The van der Waals surface area contributed by atoms with Crippen LogP contribution in [-0.4, -0.2) is 17.8 Å². The smallest absolute Gasteiger partial charge is 0.214 e. The van der Waals surface area contributed by atoms with E-state index in [9.17, 15) is 0 Å². The number of nitrogens with zero attached hydrogens (tertiary/aromatic N) is 2. The van der Waals surface area contributed by atoms with Gasteiger partial charge in [0.25, 0.3) is 0 Å². The first-order chi connectivity index (χ1) is 17.3. The molecule has 2 atom stereocenters. The van der Waals surface area contributed by atoms with Crippen molar-refractivity contribution in [3.05, 3.63) is 125 Å². The van der Waals surface area contributed by atoms with Crippen LogP contribution in [0.1, 0.15) is 40.9 Å². The van der Waals surface area contributed by atoms with E-state index in [2.05, 4.69) is 41.4 Å². The van der Waals surface area contributed by atoms with Gasteiger partial charge in [-0.2, -0.15) is 5.10 Å². The van der Waals surface area contributed by atoms with Crippen molar-refractivity contribution in [1.82, 2.24) is 5.01 Å². The Labute approximate surface area is 205 Å². The van der Waals surface area contributed by atoms with Crippen LogP contribution in [0.5, 0.6) is 17.2 Å². The molecule has 2 unspecified atom stereocenters. The minimum Gasteiger partial charge on any atom is -0.493 e. The lowest BCUT2D eigenvalue weighted by molar-refractivity contribution is -0.0192. The molecule has 0 radical (unpaired) electrons. The third-order valence-corrected chi connectivity index (χ3v) is 6.52. The van der Waals surface area contributed by atoms with E-state index in [0.29, 0.717) is 18.1 Å². The lowest BCUT2D eigenvalue weighted by Gasteiger charge is -2.38. The van der Waals surface area contributed by atoms with E-state index in [1.165, 1.54) is 0 Å². The van der Waals surface area contributed by atoms with Crippen molar-refractivity contribution in [2.24, 2.45) is 5.10 Å². The van der Waals surface area contributed by atoms with Crippen LogP contribution in [0.15, 0.2) is 108 Å². The molecule has 0 aliphatic carbocycles. The summed E-state index contributed by atoms with van der Waals surface area (Å²) in [5.41, 5.74) is 5.42. The number of hydrazone groups is 1. The first-order valence-corrected chi connectivity index (χ1v) is 11.8. The Hall–Kier alpha value is -4.25. The van der Waals surface area contributed by atoms with Crippen LogP contribution in [0.25, 0.3) is 0 Å². The first-order valence-electron chi connectivity index (χ1n) is 11.8. The predicted molar refractivity (Wildman–Crippen MR) is 136 cm³/mol. The van der Waals surface area contributed by atoms with E-state index < -0.39 is 0 Å². The van der Waals surface area contributed by atoms with Gasteiger partial charge in [-0.25, -0.2) is 5.01 Å². The van der Waals surface area contributed by atoms with E-state index in [1.807, 2.05) is 66.7 Å². The summed E-state index contributed by atoms with van der Waals surface area (Å²) >= 11 is 0. The van der Waals surface area contributed by atoms with Crippen molar-refractivity contribution >= 4 is 5.71 Å². The second kappa shape index (κ2) is 9.18. The van der Waals surface area contributed by atoms with Crippen molar-refractivity contribution in [2.45, 2.75) is 25.3 Å². The van der Waals surface area contributed by atoms with Gasteiger partial charge in [0.15, 0.2) is 11.5 Å². The van der Waals surface area contributed by atoms with E-state index in [1.54, 1.807) is 7.11 Å². The molecule has 0 N–H and O–H groups in total. The second-order valence-corrected chi connectivity index (χ2v) is 8.71. The zero-order valence-corrected chi connectivity index (χ0v) is 19.5. The molecule has 0 spiro atoms. The average molecular weight is 463 g/mol. The summed E-state index contributed by atoms with van der Waals surface area (Å²) in [5, 5.41) is 7.15. The Balaban J connectivity index is 1.36. The van der Waals surface area contributed by atoms with Gasteiger partial charge in [-0.3, -0.25) is 0 Å². The number of para-hydroxylation sites is 1. The highest BCUT2D eigenvalue weighted by atomic mass is 16.5. The summed E-state index contributed by atoms with van der Waals surface area (Å²) in [6, 6.07) is 34.8. The molecule has 6 rings (SSSR count). The molecule has 2 aliphatic rings. The minimum absolute atomic E-state index is 0.107. The summed E-state index contributed by atoms with van der Waals surface area (Å²) in [6.07, 6.45) is 0.454. The number of hydrogen-bond acceptors (Lipinski definition) is 5. The molecule has 0 fully saturated rings. The van der Waals surface area contributed by atoms with Crippen LogP contribution in [0.4, 0.5) is 0 Å². The van der Waals surface area contributed by atoms with Crippen LogP contribution >= 0.6 is 0 Å². The average Bonchev–Trinajstić information content (AvgIpc) is 3.38. The van der Waals surface area contributed by atoms with E-state index in [0.717, 1.165) is 40.1 Å². The lowest BCUT2D eigenvalue weighted by atomic mass is 9.96. The molecule has 0 saturated heterocycles. The van der Waals surface area contributed by atoms with Crippen LogP contribution in [-0.2, 0) is 6.61 Å². The van der Waals surface area contributed by atoms with Gasteiger partial charge < -0.3 is 14.2 Å². The monoisotopic (exact) mass is 462 g/mol. The molecule has 4 aromatic carbocycles. The van der Waals surface area contributed by atoms with Gasteiger partial charge in [-0.15, -0.1) is 0 Å². The van der Waals surface area contributed by atoms with E-state index in [-0.39, 0.29) is 12.3 Å². The molecule has 4 aromatic rings. The second-order valence-electron chi connectivity index (χ2n) is 8.71. The third-order valence-electron chi connectivity index (χ3n) is 6.52. The van der Waals surface area contributed by atoms with Crippen molar-refractivity contribution < 1.29 is 14.2 Å². The number of ether oxygens (including phenoxy) is 3. The number of benzene rings is 4. The Morgan fingerprint density at radius 2 is 1.60 bits per heavy atom. The molecule has 5 nitrogen and oxygen atoms in total. The van der Waals surface area contributed by atoms with E-state index in [4.69, 9.17) is 19.3 Å². The Morgan fingerprint density at radius 1 is 0.857 bits per heavy atom. The van der Waals surface area contributed by atoms with Crippen molar-refractivity contribution in [3.63, 3.8) is 0 Å². The van der Waals surface area contributed by atoms with Gasteiger partial charge in [0, 0.05) is 17.5 Å². The lowest BCUT2D eigenvalue weighted by Crippen LogP contribution is -2.33. The number of rotatable bonds is 6. The maximum atomic E-state index is 6.53. The van der Waals surface area contributed by atoms with Crippen molar-refractivity contribution in [3.8, 4) is 17.2 Å². The molecule has 5 heteroatoms. The summed E-state index contributed by atoms with van der Waals surface area (Å²) in [6.45, 7) is 0.456. The molecule has 2 heterocycles. The Morgan fingerprint density at radius 3 is 2.40 bits per heavy atom. The molecular weight excluding hydrogens is 436 g/mol. The van der Waals surface area contributed by atoms with Crippen LogP contribution in [0.3, 0.4) is 0 Å². The molecule has 0 amide bonds. The van der Waals surface area contributed by atoms with Crippen LogP contribution < -0.4 is 14.2 Å². The molecule has 0 bridgehead atoms. The van der Waals surface area contributed by atoms with Gasteiger partial charge in [0.05, 0.1) is 18.9 Å². The SMILES string of the molecule is COc1ccc(C2Oc3ccccc3C3CC(c4ccccc4)=NN32)cc1OCc1ccccc1. The number of hydrogen-bond donors (Lipinski definition) is 0. The van der Waals surface area contributed by atoms with Crippen LogP contribution in [0, 0.1) is 0 Å². The van der Waals surface area contributed by atoms with Crippen molar-refractivity contribution in [1.29, 1.82) is 0 Å². The maximum Gasteiger partial charge on any atom is 0.214 e. The third kappa shape index (κ3) is 4.10. The van der Waals surface area contributed by atoms with E-state index >= 15 is 0 Å². The largest absolute Gasteiger partial charge is 0.493 e. The number of fused-ring (bicyclic) bond motifs is 3. The predicted octanol–water partition coefficient (Wildman–Crippen LogP) is 6.52. The highest BCUT2D eigenvalue weighted by Crippen LogP contribution is 2.48. The zero-order chi connectivity index (χ0) is 23.6. The quantitative estimate of drug-likeness (QED) is 0.327. The fourth-order valence-electron chi connectivity index (χ4n) is 4.75. The Bertz CT molecular complexity index is 1350. The highest BCUT2D eigenvalue weighted by molar-refractivity contribution is 6.01. The van der Waals surface area contributed by atoms with Gasteiger partial charge >= 0.3 is 0 Å². The molecular formula is C30H26N2O3. The van der Waals surface area contributed by atoms with Gasteiger partial charge in [-0.1, -0.05) is 78.9 Å². The summed E-state index contributed by atoms with van der Waals surface area (Å²) < 4.78 is 18.3. The van der Waals surface area contributed by atoms with Gasteiger partial charge in [-0.05, 0) is 35.4 Å².